The van der Waals surface area contributed by atoms with Crippen LogP contribution in [-0.4, -0.2) is 25.5 Å². The van der Waals surface area contributed by atoms with Gasteiger partial charge in [-0.25, -0.2) is 0 Å². The fourth-order valence-corrected chi connectivity index (χ4v) is 3.13. The van der Waals surface area contributed by atoms with Crippen LogP contribution in [0.4, 0.5) is 17.2 Å². The summed E-state index contributed by atoms with van der Waals surface area (Å²) in [6.45, 7) is 1.22. The lowest BCUT2D eigenvalue weighted by atomic mass is 10.2. The van der Waals surface area contributed by atoms with Crippen molar-refractivity contribution in [1.82, 2.24) is 9.78 Å². The van der Waals surface area contributed by atoms with Gasteiger partial charge in [0.25, 0.3) is 5.69 Å². The molecule has 3 aromatic rings. The van der Waals surface area contributed by atoms with E-state index in [0.29, 0.717) is 16.5 Å². The van der Waals surface area contributed by atoms with Crippen LogP contribution >= 0.6 is 27.5 Å². The predicted octanol–water partition coefficient (Wildman–Crippen LogP) is 4.85. The number of rotatable bonds is 7. The minimum absolute atomic E-state index is 0.113. The summed E-state index contributed by atoms with van der Waals surface area (Å²) < 4.78 is 6.93. The molecule has 2 aromatic carbocycles. The zero-order valence-corrected chi connectivity index (χ0v) is 18.1. The molecule has 0 saturated carbocycles. The highest BCUT2D eigenvalue weighted by molar-refractivity contribution is 9.10. The third-order valence-electron chi connectivity index (χ3n) is 4.02. The van der Waals surface area contributed by atoms with E-state index in [1.165, 1.54) is 18.2 Å². The lowest BCUT2D eigenvalue weighted by Gasteiger charge is -2.09. The second kappa shape index (κ2) is 9.10. The van der Waals surface area contributed by atoms with E-state index in [-0.39, 0.29) is 28.1 Å². The molecule has 0 fully saturated rings. The summed E-state index contributed by atoms with van der Waals surface area (Å²) >= 11 is 8.90. The molecule has 0 radical (unpaired) electrons. The molecule has 0 bridgehead atoms. The van der Waals surface area contributed by atoms with Crippen molar-refractivity contribution < 1.29 is 19.4 Å². The number of anilines is 1. The Morgan fingerprint density at radius 1 is 1.16 bits per heavy atom. The maximum absolute atomic E-state index is 12.4. The summed E-state index contributed by atoms with van der Waals surface area (Å²) in [6.07, 6.45) is 0. The Morgan fingerprint density at radius 2 is 1.84 bits per heavy atom. The number of hydrogen-bond donors (Lipinski definition) is 1. The smallest absolute Gasteiger partial charge is 0.404 e. The normalized spacial score (nSPS) is 10.5. The van der Waals surface area contributed by atoms with E-state index in [9.17, 15) is 25.0 Å². The van der Waals surface area contributed by atoms with E-state index in [1.807, 2.05) is 0 Å². The topological polar surface area (TPSA) is 142 Å². The summed E-state index contributed by atoms with van der Waals surface area (Å²) in [5, 5.41) is 29.0. The Labute approximate surface area is 188 Å². The maximum Gasteiger partial charge on any atom is 0.404 e. The molecule has 160 valence electrons. The van der Waals surface area contributed by atoms with Gasteiger partial charge in [0.1, 0.15) is 22.5 Å². The molecule has 0 aliphatic heterocycles. The van der Waals surface area contributed by atoms with Crippen molar-refractivity contribution in [3.63, 3.8) is 0 Å². The van der Waals surface area contributed by atoms with Crippen LogP contribution in [0.15, 0.2) is 46.9 Å². The number of carbonyl (C=O) groups is 1. The van der Waals surface area contributed by atoms with Gasteiger partial charge in [0, 0.05) is 17.2 Å². The first-order valence-corrected chi connectivity index (χ1v) is 9.71. The number of hydrogen-bond acceptors (Lipinski definition) is 7. The van der Waals surface area contributed by atoms with Gasteiger partial charge in [-0.15, -0.1) is 0 Å². The van der Waals surface area contributed by atoms with Crippen LogP contribution < -0.4 is 10.1 Å². The van der Waals surface area contributed by atoms with E-state index in [4.69, 9.17) is 16.3 Å². The molecule has 0 aliphatic carbocycles. The number of benzene rings is 2. The van der Waals surface area contributed by atoms with Crippen LogP contribution in [0.3, 0.4) is 0 Å². The molecular formula is C18H13BrClN5O6. The van der Waals surface area contributed by atoms with Gasteiger partial charge in [-0.3, -0.25) is 14.9 Å². The Morgan fingerprint density at radius 3 is 2.42 bits per heavy atom. The minimum Gasteiger partial charge on any atom is -0.457 e. The lowest BCUT2D eigenvalue weighted by Crippen LogP contribution is -2.20. The number of non-ortho nitro benzene ring substituents is 1. The molecule has 0 unspecified atom stereocenters. The van der Waals surface area contributed by atoms with E-state index in [1.54, 1.807) is 31.2 Å². The predicted molar refractivity (Wildman–Crippen MR) is 115 cm³/mol. The Kier molecular flexibility index (Phi) is 6.51. The Hall–Kier alpha value is -3.51. The molecule has 0 atom stereocenters. The second-order valence-corrected chi connectivity index (χ2v) is 7.44. The van der Waals surface area contributed by atoms with Gasteiger partial charge in [0.15, 0.2) is 0 Å². The first kappa shape index (κ1) is 22.2. The monoisotopic (exact) mass is 509 g/mol. The van der Waals surface area contributed by atoms with Gasteiger partial charge in [-0.1, -0.05) is 11.6 Å². The largest absolute Gasteiger partial charge is 0.457 e. The zero-order valence-electron chi connectivity index (χ0n) is 15.7. The number of amides is 1. The number of nitrogens with one attached hydrogen (secondary N) is 1. The van der Waals surface area contributed by atoms with Crippen LogP contribution in [0, 0.1) is 27.2 Å². The maximum atomic E-state index is 12.4. The zero-order chi connectivity index (χ0) is 22.7. The van der Waals surface area contributed by atoms with Crippen molar-refractivity contribution in [2.24, 2.45) is 0 Å². The van der Waals surface area contributed by atoms with Crippen LogP contribution in [0.5, 0.6) is 11.5 Å². The molecule has 3 rings (SSSR count). The standard InChI is InChI=1S/C18H13BrClN5O6/c1-10-17(19)18(25(29)30)22-23(10)9-16(26)21-12-6-13(24(27)28)8-15(7-12)31-14-4-2-11(20)3-5-14/h2-8H,9H2,1H3,(H,21,26). The summed E-state index contributed by atoms with van der Waals surface area (Å²) in [5.41, 5.74) is 0.199. The Balaban J connectivity index is 1.81. The molecule has 0 saturated heterocycles. The molecule has 31 heavy (non-hydrogen) atoms. The quantitative estimate of drug-likeness (QED) is 0.353. The van der Waals surface area contributed by atoms with E-state index < -0.39 is 21.6 Å². The average Bonchev–Trinajstić information content (AvgIpc) is 2.98. The van der Waals surface area contributed by atoms with Gasteiger partial charge < -0.3 is 20.2 Å². The van der Waals surface area contributed by atoms with Crippen molar-refractivity contribution in [2.45, 2.75) is 13.5 Å². The Bertz CT molecular complexity index is 1180. The molecule has 1 aromatic heterocycles. The lowest BCUT2D eigenvalue weighted by molar-refractivity contribution is -0.390. The van der Waals surface area contributed by atoms with Crippen molar-refractivity contribution in [1.29, 1.82) is 0 Å². The number of nitrogens with zero attached hydrogens (tertiary/aromatic N) is 4. The number of carbonyl (C=O) groups excluding carboxylic acids is 1. The third kappa shape index (κ3) is 5.35. The number of aromatic nitrogens is 2. The highest BCUT2D eigenvalue weighted by Crippen LogP contribution is 2.31. The fraction of sp³-hybridized carbons (Fsp3) is 0.111. The van der Waals surface area contributed by atoms with E-state index in [0.717, 1.165) is 4.68 Å². The van der Waals surface area contributed by atoms with Gasteiger partial charge >= 0.3 is 5.82 Å². The highest BCUT2D eigenvalue weighted by atomic mass is 79.9. The molecule has 1 heterocycles. The molecule has 0 spiro atoms. The number of halogens is 2. The van der Waals surface area contributed by atoms with Crippen LogP contribution in [0.25, 0.3) is 0 Å². The van der Waals surface area contributed by atoms with Crippen molar-refractivity contribution in [3.05, 3.63) is 77.9 Å². The summed E-state index contributed by atoms with van der Waals surface area (Å²) in [4.78, 5) is 33.4. The highest BCUT2D eigenvalue weighted by Gasteiger charge is 2.24. The first-order chi connectivity index (χ1) is 14.6. The van der Waals surface area contributed by atoms with Gasteiger partial charge in [-0.05, 0) is 52.0 Å². The average molecular weight is 511 g/mol. The molecule has 0 aliphatic rings. The number of nitro groups is 2. The molecule has 13 heteroatoms. The van der Waals surface area contributed by atoms with Crippen molar-refractivity contribution in [2.75, 3.05) is 5.32 Å². The number of ether oxygens (including phenoxy) is 1. The van der Waals surface area contributed by atoms with Crippen molar-refractivity contribution >= 4 is 50.6 Å². The second-order valence-electron chi connectivity index (χ2n) is 6.21. The SMILES string of the molecule is Cc1c(Br)c([N+](=O)[O-])nn1CC(=O)Nc1cc(Oc2ccc(Cl)cc2)cc([N+](=O)[O-])c1. The summed E-state index contributed by atoms with van der Waals surface area (Å²) in [5.74, 6) is -0.489. The van der Waals surface area contributed by atoms with Crippen LogP contribution in [-0.2, 0) is 11.3 Å². The van der Waals surface area contributed by atoms with Gasteiger partial charge in [-0.2, -0.15) is 4.68 Å². The summed E-state index contributed by atoms with van der Waals surface area (Å²) in [7, 11) is 0. The van der Waals surface area contributed by atoms with Crippen molar-refractivity contribution in [3.8, 4) is 11.5 Å². The van der Waals surface area contributed by atoms with Gasteiger partial charge in [0.2, 0.25) is 5.91 Å². The molecule has 11 nitrogen and oxygen atoms in total. The molecule has 1 amide bonds. The fourth-order valence-electron chi connectivity index (χ4n) is 2.57. The van der Waals surface area contributed by atoms with Gasteiger partial charge in [0.05, 0.1) is 27.5 Å². The third-order valence-corrected chi connectivity index (χ3v) is 5.20. The first-order valence-electron chi connectivity index (χ1n) is 8.54. The van der Waals surface area contributed by atoms with Crippen LogP contribution in [0.1, 0.15) is 5.69 Å². The number of nitro benzene ring substituents is 1. The minimum atomic E-state index is -0.674. The molecular weight excluding hydrogens is 498 g/mol. The summed E-state index contributed by atoms with van der Waals surface area (Å²) in [6, 6.07) is 10.2. The van der Waals surface area contributed by atoms with Crippen LogP contribution in [0.2, 0.25) is 5.02 Å². The van der Waals surface area contributed by atoms with E-state index >= 15 is 0 Å². The van der Waals surface area contributed by atoms with E-state index in [2.05, 4.69) is 26.3 Å². The molecule has 1 N–H and O–H groups in total.